The summed E-state index contributed by atoms with van der Waals surface area (Å²) in [6, 6.07) is 0.541. The van der Waals surface area contributed by atoms with E-state index < -0.39 is 0 Å². The molecule has 9 heteroatoms. The van der Waals surface area contributed by atoms with Gasteiger partial charge in [0.25, 0.3) is 0 Å². The summed E-state index contributed by atoms with van der Waals surface area (Å²) in [6.07, 6.45) is 0. The molecule has 0 aromatic heterocycles. The predicted octanol–water partition coefficient (Wildman–Crippen LogP) is -0.648. The monoisotopic (exact) mass is 384 g/mol. The van der Waals surface area contributed by atoms with E-state index >= 15 is 0 Å². The lowest BCUT2D eigenvalue weighted by Gasteiger charge is -2.42. The molecular weight excluding hydrogens is 348 g/mol. The summed E-state index contributed by atoms with van der Waals surface area (Å²) in [5.74, 6) is -0.395. The third-order valence-electron chi connectivity index (χ3n) is 4.07. The Morgan fingerprint density at radius 3 is 1.00 bits per heavy atom. The second-order valence-electron chi connectivity index (χ2n) is 7.83. The van der Waals surface area contributed by atoms with Crippen molar-refractivity contribution in [1.82, 2.24) is 30.7 Å². The van der Waals surface area contributed by atoms with Gasteiger partial charge in [-0.05, 0) is 0 Å². The first-order valence-electron chi connectivity index (χ1n) is 9.63. The first-order valence-corrected chi connectivity index (χ1v) is 9.63. The number of carbonyl (C=O) groups excluding carboxylic acids is 3. The van der Waals surface area contributed by atoms with Gasteiger partial charge in [-0.25, -0.2) is 0 Å². The molecule has 1 aliphatic rings. The molecular formula is C18H36N6O3. The fourth-order valence-corrected chi connectivity index (χ4v) is 2.44. The first-order chi connectivity index (χ1) is 12.6. The van der Waals surface area contributed by atoms with E-state index in [1.165, 1.54) is 0 Å². The van der Waals surface area contributed by atoms with Crippen LogP contribution in [-0.2, 0) is 14.4 Å². The Bertz CT molecular complexity index is 432. The molecule has 0 unspecified atom stereocenters. The van der Waals surface area contributed by atoms with Gasteiger partial charge in [-0.2, -0.15) is 0 Å². The Hall–Kier alpha value is -1.71. The summed E-state index contributed by atoms with van der Waals surface area (Å²) >= 11 is 0. The molecule has 1 saturated heterocycles. The maximum Gasteiger partial charge on any atom is 0.239 e. The summed E-state index contributed by atoms with van der Waals surface area (Å²) in [5, 5.41) is 9.26. The fourth-order valence-electron chi connectivity index (χ4n) is 2.44. The lowest BCUT2D eigenvalue weighted by atomic mass is 10.3. The van der Waals surface area contributed by atoms with Crippen molar-refractivity contribution in [2.24, 2.45) is 0 Å². The minimum Gasteiger partial charge on any atom is -0.306 e. The number of nitrogens with zero attached hydrogens (tertiary/aromatic N) is 3. The Morgan fingerprint density at radius 1 is 0.593 bits per heavy atom. The number of carbonyl (C=O) groups is 3. The number of hydrogen-bond donors (Lipinski definition) is 3. The third kappa shape index (κ3) is 8.68. The van der Waals surface area contributed by atoms with Gasteiger partial charge in [0.15, 0.2) is 0 Å². The van der Waals surface area contributed by atoms with Crippen molar-refractivity contribution in [2.75, 3.05) is 39.6 Å². The zero-order chi connectivity index (χ0) is 20.6. The highest BCUT2D eigenvalue weighted by Crippen LogP contribution is 2.09. The summed E-state index contributed by atoms with van der Waals surface area (Å²) in [6.45, 7) is 12.9. The van der Waals surface area contributed by atoms with Crippen molar-refractivity contribution in [2.45, 2.75) is 59.7 Å². The molecule has 0 radical (unpaired) electrons. The van der Waals surface area contributed by atoms with Crippen LogP contribution in [0.15, 0.2) is 0 Å². The molecule has 9 nitrogen and oxygen atoms in total. The fraction of sp³-hybridized carbons (Fsp3) is 0.833. The van der Waals surface area contributed by atoms with E-state index in [0.717, 1.165) is 0 Å². The number of hydrogen-bond acceptors (Lipinski definition) is 6. The van der Waals surface area contributed by atoms with Crippen LogP contribution < -0.4 is 16.0 Å². The molecule has 0 aliphatic carbocycles. The van der Waals surface area contributed by atoms with Gasteiger partial charge >= 0.3 is 0 Å². The highest BCUT2D eigenvalue weighted by molar-refractivity contribution is 5.84. The van der Waals surface area contributed by atoms with Gasteiger partial charge in [-0.1, -0.05) is 41.5 Å². The summed E-state index contributed by atoms with van der Waals surface area (Å²) in [4.78, 5) is 42.2. The average Bonchev–Trinajstić information content (AvgIpc) is 2.61. The van der Waals surface area contributed by atoms with E-state index in [1.54, 1.807) is 14.7 Å². The lowest BCUT2D eigenvalue weighted by Crippen LogP contribution is -2.62. The van der Waals surface area contributed by atoms with Gasteiger partial charge in [-0.15, -0.1) is 0 Å². The van der Waals surface area contributed by atoms with Crippen molar-refractivity contribution in [3.63, 3.8) is 0 Å². The van der Waals surface area contributed by atoms with Gasteiger partial charge in [-0.3, -0.25) is 14.4 Å². The van der Waals surface area contributed by atoms with Gasteiger partial charge in [0, 0.05) is 18.1 Å². The molecule has 0 bridgehead atoms. The zero-order valence-corrected chi connectivity index (χ0v) is 17.5. The highest BCUT2D eigenvalue weighted by Gasteiger charge is 2.31. The molecule has 1 heterocycles. The smallest absolute Gasteiger partial charge is 0.239 e. The van der Waals surface area contributed by atoms with Crippen molar-refractivity contribution in [3.8, 4) is 0 Å². The number of amides is 3. The number of nitrogens with one attached hydrogen (secondary N) is 3. The molecule has 0 spiro atoms. The van der Waals surface area contributed by atoms with Crippen LogP contribution in [0.2, 0.25) is 0 Å². The molecule has 0 saturated carbocycles. The van der Waals surface area contributed by atoms with E-state index in [2.05, 4.69) is 16.0 Å². The standard InChI is InChI=1S/C18H36N6O3/c1-13(2)19-7-16(25)22-10-23(17(26)8-20-14(3)4)12-24(11-22)18(27)9-21-15(5)6/h13-15,19-21H,7-12H2,1-6H3. The van der Waals surface area contributed by atoms with Gasteiger partial charge < -0.3 is 30.7 Å². The third-order valence-corrected chi connectivity index (χ3v) is 4.07. The van der Waals surface area contributed by atoms with Crippen LogP contribution in [-0.4, -0.2) is 90.2 Å². The van der Waals surface area contributed by atoms with Crippen LogP contribution in [0.4, 0.5) is 0 Å². The Kier molecular flexibility index (Phi) is 9.68. The Balaban J connectivity index is 2.79. The quantitative estimate of drug-likeness (QED) is 0.489. The largest absolute Gasteiger partial charge is 0.306 e. The summed E-state index contributed by atoms with van der Waals surface area (Å²) < 4.78 is 0. The van der Waals surface area contributed by atoms with E-state index in [-0.39, 0.29) is 75.5 Å². The summed E-state index contributed by atoms with van der Waals surface area (Å²) in [7, 11) is 0. The highest BCUT2D eigenvalue weighted by atomic mass is 16.2. The van der Waals surface area contributed by atoms with E-state index in [4.69, 9.17) is 0 Å². The second-order valence-corrected chi connectivity index (χ2v) is 7.83. The molecule has 0 atom stereocenters. The van der Waals surface area contributed by atoms with Crippen molar-refractivity contribution >= 4 is 17.7 Å². The van der Waals surface area contributed by atoms with Gasteiger partial charge in [0.05, 0.1) is 39.6 Å². The molecule has 1 aliphatic heterocycles. The molecule has 3 N–H and O–H groups in total. The van der Waals surface area contributed by atoms with Crippen LogP contribution in [0.1, 0.15) is 41.5 Å². The zero-order valence-electron chi connectivity index (χ0n) is 17.5. The lowest BCUT2D eigenvalue weighted by molar-refractivity contribution is -0.157. The van der Waals surface area contributed by atoms with Crippen LogP contribution in [0, 0.1) is 0 Å². The molecule has 1 fully saturated rings. The summed E-state index contributed by atoms with van der Waals surface area (Å²) in [5.41, 5.74) is 0. The molecule has 0 aromatic rings. The van der Waals surface area contributed by atoms with Crippen LogP contribution in [0.3, 0.4) is 0 Å². The second kappa shape index (κ2) is 11.2. The van der Waals surface area contributed by atoms with Crippen LogP contribution in [0.25, 0.3) is 0 Å². The Labute approximate surface area is 162 Å². The van der Waals surface area contributed by atoms with Crippen LogP contribution in [0.5, 0.6) is 0 Å². The maximum atomic E-state index is 12.5. The van der Waals surface area contributed by atoms with Crippen LogP contribution >= 0.6 is 0 Å². The number of rotatable bonds is 9. The maximum absolute atomic E-state index is 12.5. The van der Waals surface area contributed by atoms with Crippen molar-refractivity contribution in [3.05, 3.63) is 0 Å². The molecule has 3 amide bonds. The molecule has 156 valence electrons. The molecule has 27 heavy (non-hydrogen) atoms. The van der Waals surface area contributed by atoms with E-state index in [1.807, 2.05) is 41.5 Å². The van der Waals surface area contributed by atoms with Crippen molar-refractivity contribution < 1.29 is 14.4 Å². The molecule has 0 aromatic carbocycles. The van der Waals surface area contributed by atoms with Gasteiger partial charge in [0.1, 0.15) is 0 Å². The topological polar surface area (TPSA) is 97.0 Å². The minimum absolute atomic E-state index is 0.132. The van der Waals surface area contributed by atoms with Crippen molar-refractivity contribution in [1.29, 1.82) is 0 Å². The SMILES string of the molecule is CC(C)NCC(=O)N1CN(C(=O)CNC(C)C)CN(C(=O)CNC(C)C)C1. The van der Waals surface area contributed by atoms with E-state index in [9.17, 15) is 14.4 Å². The predicted molar refractivity (Wildman–Crippen MR) is 105 cm³/mol. The average molecular weight is 385 g/mol. The van der Waals surface area contributed by atoms with E-state index in [0.29, 0.717) is 0 Å². The Morgan fingerprint density at radius 2 is 0.815 bits per heavy atom. The first kappa shape index (κ1) is 23.3. The molecule has 1 rings (SSSR count). The minimum atomic E-state index is -0.132. The van der Waals surface area contributed by atoms with Gasteiger partial charge in [0.2, 0.25) is 17.7 Å². The normalized spacial score (nSPS) is 15.2.